The number of amides is 1. The first-order valence-corrected chi connectivity index (χ1v) is 11.5. The molecule has 1 amide bonds. The van der Waals surface area contributed by atoms with E-state index in [4.69, 9.17) is 0 Å². The third-order valence-electron chi connectivity index (χ3n) is 5.84. The molecule has 154 valence electrons. The second-order valence-electron chi connectivity index (χ2n) is 7.70. The third-order valence-corrected chi connectivity index (χ3v) is 7.73. The van der Waals surface area contributed by atoms with Crippen LogP contribution < -0.4 is 0 Å². The van der Waals surface area contributed by atoms with Gasteiger partial charge >= 0.3 is 0 Å². The van der Waals surface area contributed by atoms with E-state index in [0.717, 1.165) is 30.4 Å². The first-order valence-electron chi connectivity index (χ1n) is 10.1. The number of rotatable bonds is 5. The highest BCUT2D eigenvalue weighted by Gasteiger charge is 2.30. The van der Waals surface area contributed by atoms with Crippen molar-refractivity contribution in [1.29, 1.82) is 0 Å². The first-order chi connectivity index (χ1) is 13.9. The van der Waals surface area contributed by atoms with Gasteiger partial charge in [-0.05, 0) is 66.6 Å². The normalized spacial score (nSPS) is 17.3. The second-order valence-corrected chi connectivity index (χ2v) is 9.63. The minimum atomic E-state index is -3.53. The van der Waals surface area contributed by atoms with Gasteiger partial charge < -0.3 is 4.90 Å². The lowest BCUT2D eigenvalue weighted by molar-refractivity contribution is -0.132. The number of carbonyl (C=O) groups excluding carboxylic acids is 1. The lowest BCUT2D eigenvalue weighted by Crippen LogP contribution is -2.50. The zero-order chi connectivity index (χ0) is 20.4. The number of piperazine rings is 1. The summed E-state index contributed by atoms with van der Waals surface area (Å²) in [6.45, 7) is 1.41. The Morgan fingerprint density at radius 2 is 1.62 bits per heavy atom. The van der Waals surface area contributed by atoms with Gasteiger partial charge in [0, 0.05) is 32.6 Å². The molecule has 0 saturated carbocycles. The van der Waals surface area contributed by atoms with Crippen LogP contribution in [0.25, 0.3) is 0 Å². The molecule has 5 nitrogen and oxygen atoms in total. The molecule has 0 N–H and O–H groups in total. The summed E-state index contributed by atoms with van der Waals surface area (Å²) in [5.41, 5.74) is 3.30. The standard InChI is InChI=1S/C22H25FN2O3S/c23-20-8-4-17(5-9-20)6-11-22(26)24-12-14-25(15-13-24)29(27,28)21-10-7-18-2-1-3-19(18)16-21/h4-5,7-10,16H,1-3,6,11-15H2. The predicted octanol–water partition coefficient (Wildman–Crippen LogP) is 2.78. The van der Waals surface area contributed by atoms with Gasteiger partial charge in [0.15, 0.2) is 0 Å². The van der Waals surface area contributed by atoms with E-state index in [1.54, 1.807) is 23.1 Å². The molecule has 0 aromatic heterocycles. The van der Waals surface area contributed by atoms with Crippen molar-refractivity contribution >= 4 is 15.9 Å². The number of carbonyl (C=O) groups is 1. The average Bonchev–Trinajstić information content (AvgIpc) is 3.21. The summed E-state index contributed by atoms with van der Waals surface area (Å²) in [5, 5.41) is 0. The van der Waals surface area contributed by atoms with E-state index < -0.39 is 10.0 Å². The fourth-order valence-corrected chi connectivity index (χ4v) is 5.57. The average molecular weight is 417 g/mol. The number of benzene rings is 2. The predicted molar refractivity (Wildman–Crippen MR) is 109 cm³/mol. The van der Waals surface area contributed by atoms with Crippen molar-refractivity contribution in [3.8, 4) is 0 Å². The van der Waals surface area contributed by atoms with E-state index in [1.807, 2.05) is 12.1 Å². The van der Waals surface area contributed by atoms with Crippen LogP contribution in [-0.4, -0.2) is 49.7 Å². The quantitative estimate of drug-likeness (QED) is 0.753. The van der Waals surface area contributed by atoms with Gasteiger partial charge in [-0.3, -0.25) is 4.79 Å². The minimum absolute atomic E-state index is 0.00361. The number of hydrogen-bond acceptors (Lipinski definition) is 3. The summed E-state index contributed by atoms with van der Waals surface area (Å²) in [7, 11) is -3.53. The Bertz CT molecular complexity index is 997. The van der Waals surface area contributed by atoms with Crippen molar-refractivity contribution in [2.75, 3.05) is 26.2 Å². The van der Waals surface area contributed by atoms with Gasteiger partial charge in [0.2, 0.25) is 15.9 Å². The molecule has 7 heteroatoms. The first kappa shape index (κ1) is 20.0. The fraction of sp³-hybridized carbons (Fsp3) is 0.409. The van der Waals surface area contributed by atoms with E-state index in [9.17, 15) is 17.6 Å². The van der Waals surface area contributed by atoms with Crippen molar-refractivity contribution in [2.24, 2.45) is 0 Å². The summed E-state index contributed by atoms with van der Waals surface area (Å²) >= 11 is 0. The van der Waals surface area contributed by atoms with Gasteiger partial charge in [-0.2, -0.15) is 4.31 Å². The Balaban J connectivity index is 1.33. The van der Waals surface area contributed by atoms with Crippen LogP contribution in [0.3, 0.4) is 0 Å². The summed E-state index contributed by atoms with van der Waals surface area (Å²) in [4.78, 5) is 14.6. The summed E-state index contributed by atoms with van der Waals surface area (Å²) in [6.07, 6.45) is 3.93. The van der Waals surface area contributed by atoms with Crippen molar-refractivity contribution in [1.82, 2.24) is 9.21 Å². The van der Waals surface area contributed by atoms with Crippen LogP contribution >= 0.6 is 0 Å². The third kappa shape index (κ3) is 4.36. The monoisotopic (exact) mass is 416 g/mol. The van der Waals surface area contributed by atoms with Gasteiger partial charge in [0.1, 0.15) is 5.82 Å². The number of hydrogen-bond donors (Lipinski definition) is 0. The molecule has 2 aliphatic rings. The van der Waals surface area contributed by atoms with Crippen molar-refractivity contribution < 1.29 is 17.6 Å². The van der Waals surface area contributed by atoms with Gasteiger partial charge in [0.05, 0.1) is 4.90 Å². The lowest BCUT2D eigenvalue weighted by atomic mass is 10.1. The Morgan fingerprint density at radius 1 is 0.931 bits per heavy atom. The molecule has 0 spiro atoms. The molecule has 2 aromatic rings. The SMILES string of the molecule is O=C(CCc1ccc(F)cc1)N1CCN(S(=O)(=O)c2ccc3c(c2)CCC3)CC1. The van der Waals surface area contributed by atoms with E-state index in [0.29, 0.717) is 43.9 Å². The molecule has 0 unspecified atom stereocenters. The highest BCUT2D eigenvalue weighted by molar-refractivity contribution is 7.89. The molecular formula is C22H25FN2O3S. The van der Waals surface area contributed by atoms with Crippen LogP contribution in [0.2, 0.25) is 0 Å². The van der Waals surface area contributed by atoms with Gasteiger partial charge in [-0.25, -0.2) is 12.8 Å². The van der Waals surface area contributed by atoms with Gasteiger partial charge in [0.25, 0.3) is 0 Å². The molecule has 1 fully saturated rings. The summed E-state index contributed by atoms with van der Waals surface area (Å²) < 4.78 is 40.4. The van der Waals surface area contributed by atoms with Crippen LogP contribution in [0.15, 0.2) is 47.4 Å². The number of halogens is 1. The largest absolute Gasteiger partial charge is 0.340 e. The van der Waals surface area contributed by atoms with Gasteiger partial charge in [-0.1, -0.05) is 18.2 Å². The number of nitrogens with zero attached hydrogens (tertiary/aromatic N) is 2. The molecule has 1 aliphatic carbocycles. The molecule has 4 rings (SSSR count). The molecule has 0 bridgehead atoms. The smallest absolute Gasteiger partial charge is 0.243 e. The van der Waals surface area contributed by atoms with Crippen molar-refractivity contribution in [3.05, 3.63) is 65.0 Å². The van der Waals surface area contributed by atoms with E-state index in [1.165, 1.54) is 22.0 Å². The van der Waals surface area contributed by atoms with Crippen LogP contribution in [0.1, 0.15) is 29.5 Å². The Morgan fingerprint density at radius 3 is 2.34 bits per heavy atom. The zero-order valence-electron chi connectivity index (χ0n) is 16.3. The van der Waals surface area contributed by atoms with Crippen LogP contribution in [-0.2, 0) is 34.1 Å². The molecule has 2 aromatic carbocycles. The van der Waals surface area contributed by atoms with Crippen LogP contribution in [0, 0.1) is 5.82 Å². The highest BCUT2D eigenvalue weighted by Crippen LogP contribution is 2.26. The molecule has 29 heavy (non-hydrogen) atoms. The fourth-order valence-electron chi connectivity index (χ4n) is 4.10. The maximum absolute atomic E-state index is 13.0. The Hall–Kier alpha value is -2.25. The molecule has 1 heterocycles. The van der Waals surface area contributed by atoms with Crippen LogP contribution in [0.4, 0.5) is 4.39 Å². The van der Waals surface area contributed by atoms with E-state index in [-0.39, 0.29) is 11.7 Å². The Kier molecular flexibility index (Phi) is 5.69. The molecule has 1 aliphatic heterocycles. The van der Waals surface area contributed by atoms with E-state index in [2.05, 4.69) is 0 Å². The maximum atomic E-state index is 13.0. The number of fused-ring (bicyclic) bond motifs is 1. The summed E-state index contributed by atoms with van der Waals surface area (Å²) in [5.74, 6) is -0.287. The molecular weight excluding hydrogens is 391 g/mol. The minimum Gasteiger partial charge on any atom is -0.340 e. The molecule has 1 saturated heterocycles. The summed E-state index contributed by atoms with van der Waals surface area (Å²) in [6, 6.07) is 11.6. The number of sulfonamides is 1. The van der Waals surface area contributed by atoms with Crippen LogP contribution in [0.5, 0.6) is 0 Å². The van der Waals surface area contributed by atoms with Gasteiger partial charge in [-0.15, -0.1) is 0 Å². The van der Waals surface area contributed by atoms with Crippen molar-refractivity contribution in [3.63, 3.8) is 0 Å². The number of aryl methyl sites for hydroxylation is 3. The zero-order valence-corrected chi connectivity index (χ0v) is 17.1. The topological polar surface area (TPSA) is 57.7 Å². The van der Waals surface area contributed by atoms with Crippen molar-refractivity contribution in [2.45, 2.75) is 37.0 Å². The second kappa shape index (κ2) is 8.24. The molecule has 0 radical (unpaired) electrons. The molecule has 0 atom stereocenters. The maximum Gasteiger partial charge on any atom is 0.243 e. The lowest BCUT2D eigenvalue weighted by Gasteiger charge is -2.34. The van der Waals surface area contributed by atoms with E-state index >= 15 is 0 Å². The Labute approximate surface area is 171 Å². The highest BCUT2D eigenvalue weighted by atomic mass is 32.2.